The first-order chi connectivity index (χ1) is 10.7. The molecule has 2 rings (SSSR count). The molecule has 1 aromatic carbocycles. The minimum absolute atomic E-state index is 0.637. The zero-order valence-corrected chi connectivity index (χ0v) is 14.7. The fraction of sp³-hybridized carbons (Fsp3) is 0.611. The quantitative estimate of drug-likeness (QED) is 0.529. The van der Waals surface area contributed by atoms with E-state index in [-0.39, 0.29) is 0 Å². The molecular formula is C18H28N2OS. The van der Waals surface area contributed by atoms with E-state index in [0.29, 0.717) is 6.61 Å². The molecular weight excluding hydrogens is 292 g/mol. The molecule has 0 fully saturated rings. The Bertz CT molecular complexity index is 502. The Kier molecular flexibility index (Phi) is 7.26. The third-order valence-corrected chi connectivity index (χ3v) is 4.55. The van der Waals surface area contributed by atoms with Crippen LogP contribution in [0.2, 0.25) is 0 Å². The highest BCUT2D eigenvalue weighted by Gasteiger charge is 2.18. The zero-order valence-electron chi connectivity index (χ0n) is 13.8. The molecule has 1 N–H and O–H groups in total. The molecule has 0 aromatic heterocycles. The summed E-state index contributed by atoms with van der Waals surface area (Å²) in [4.78, 5) is 5.21. The first-order valence-electron chi connectivity index (χ1n) is 8.42. The molecule has 4 heteroatoms. The van der Waals surface area contributed by atoms with E-state index in [1.165, 1.54) is 42.4 Å². The molecule has 0 saturated heterocycles. The summed E-state index contributed by atoms with van der Waals surface area (Å²) in [5.41, 5.74) is 5.28. The number of nitrogens with one attached hydrogen (secondary N) is 1. The van der Waals surface area contributed by atoms with Gasteiger partial charge in [-0.25, -0.2) is 0 Å². The molecule has 1 unspecified atom stereocenters. The molecule has 1 aliphatic rings. The van der Waals surface area contributed by atoms with Gasteiger partial charge >= 0.3 is 0 Å². The molecule has 0 saturated carbocycles. The highest BCUT2D eigenvalue weighted by Crippen LogP contribution is 2.25. The van der Waals surface area contributed by atoms with E-state index >= 15 is 0 Å². The van der Waals surface area contributed by atoms with Crippen LogP contribution in [0, 0.1) is 5.92 Å². The summed E-state index contributed by atoms with van der Waals surface area (Å²) < 4.78 is 2.93. The molecule has 22 heavy (non-hydrogen) atoms. The Hall–Kier alpha value is -1.00. The highest BCUT2D eigenvalue weighted by molar-refractivity contribution is 7.78. The van der Waals surface area contributed by atoms with Crippen LogP contribution in [0.25, 0.3) is 0 Å². The maximum Gasteiger partial charge on any atom is 0.114 e. The molecule has 1 atom stereocenters. The van der Waals surface area contributed by atoms with Gasteiger partial charge in [0.1, 0.15) is 6.61 Å². The predicted molar refractivity (Wildman–Crippen MR) is 96.6 cm³/mol. The van der Waals surface area contributed by atoms with E-state index in [1.807, 2.05) is 6.92 Å². The van der Waals surface area contributed by atoms with E-state index in [0.717, 1.165) is 31.0 Å². The van der Waals surface area contributed by atoms with Gasteiger partial charge in [0.05, 0.1) is 5.71 Å². The average molecular weight is 321 g/mol. The van der Waals surface area contributed by atoms with Crippen molar-refractivity contribution in [2.75, 3.05) is 13.2 Å². The smallest absolute Gasteiger partial charge is 0.114 e. The third kappa shape index (κ3) is 5.03. The highest BCUT2D eigenvalue weighted by atomic mass is 32.1. The topological polar surface area (TPSA) is 33.6 Å². The van der Waals surface area contributed by atoms with Crippen molar-refractivity contribution in [2.45, 2.75) is 52.4 Å². The summed E-state index contributed by atoms with van der Waals surface area (Å²) in [6, 6.07) is 6.85. The molecule has 3 nitrogen and oxygen atoms in total. The molecule has 1 aliphatic carbocycles. The Morgan fingerprint density at radius 3 is 2.95 bits per heavy atom. The fourth-order valence-corrected chi connectivity index (χ4v) is 3.15. The lowest BCUT2D eigenvalue weighted by atomic mass is 9.97. The summed E-state index contributed by atoms with van der Waals surface area (Å²) in [6.07, 6.45) is 7.01. The fourth-order valence-electron chi connectivity index (χ4n) is 3.03. The van der Waals surface area contributed by atoms with Gasteiger partial charge in [-0.1, -0.05) is 49.5 Å². The van der Waals surface area contributed by atoms with E-state index in [4.69, 9.17) is 4.84 Å². The van der Waals surface area contributed by atoms with Crippen LogP contribution < -0.4 is 4.72 Å². The Morgan fingerprint density at radius 2 is 2.18 bits per heavy atom. The summed E-state index contributed by atoms with van der Waals surface area (Å²) in [5, 5.41) is 4.23. The monoisotopic (exact) mass is 320 g/mol. The molecule has 0 bridgehead atoms. The van der Waals surface area contributed by atoms with E-state index in [9.17, 15) is 0 Å². The van der Waals surface area contributed by atoms with Gasteiger partial charge in [-0.15, -0.1) is 0 Å². The standard InChI is InChI=1S/C18H28N2OS/c1-3-21-20-18-10-8-16-13-15(7-9-17(16)18)6-4-5-14(2)11-12-19-22/h7,9,13-14,19,22H,3-6,8,10-12H2,1-2H3/b20-18+. The summed E-state index contributed by atoms with van der Waals surface area (Å²) in [5.74, 6) is 0.763. The van der Waals surface area contributed by atoms with Crippen molar-refractivity contribution in [3.05, 3.63) is 34.9 Å². The number of thiol groups is 1. The lowest BCUT2D eigenvalue weighted by Gasteiger charge is -2.11. The second kappa shape index (κ2) is 9.21. The van der Waals surface area contributed by atoms with Crippen molar-refractivity contribution in [3.8, 4) is 0 Å². The van der Waals surface area contributed by atoms with Crippen LogP contribution in [0.15, 0.2) is 23.4 Å². The van der Waals surface area contributed by atoms with Gasteiger partial charge in [0.2, 0.25) is 0 Å². The molecule has 0 aliphatic heterocycles. The van der Waals surface area contributed by atoms with Crippen molar-refractivity contribution in [2.24, 2.45) is 11.1 Å². The Labute approximate surface area is 140 Å². The first kappa shape index (κ1) is 17.4. The number of aryl methyl sites for hydroxylation is 2. The predicted octanol–water partition coefficient (Wildman–Crippen LogP) is 4.16. The zero-order chi connectivity index (χ0) is 15.8. The van der Waals surface area contributed by atoms with Crippen molar-refractivity contribution < 1.29 is 4.84 Å². The number of nitrogens with zero attached hydrogens (tertiary/aromatic N) is 1. The molecule has 0 amide bonds. The van der Waals surface area contributed by atoms with E-state index in [2.05, 4.69) is 47.8 Å². The minimum Gasteiger partial charge on any atom is -0.396 e. The van der Waals surface area contributed by atoms with Crippen LogP contribution in [0.3, 0.4) is 0 Å². The van der Waals surface area contributed by atoms with Crippen molar-refractivity contribution in [1.82, 2.24) is 4.72 Å². The normalized spacial score (nSPS) is 16.8. The van der Waals surface area contributed by atoms with E-state index < -0.39 is 0 Å². The molecule has 0 radical (unpaired) electrons. The van der Waals surface area contributed by atoms with Crippen molar-refractivity contribution >= 4 is 18.5 Å². The Morgan fingerprint density at radius 1 is 1.32 bits per heavy atom. The number of rotatable bonds is 9. The molecule has 1 aromatic rings. The first-order valence-corrected chi connectivity index (χ1v) is 8.87. The van der Waals surface area contributed by atoms with Crippen molar-refractivity contribution in [3.63, 3.8) is 0 Å². The van der Waals surface area contributed by atoms with Gasteiger partial charge < -0.3 is 4.84 Å². The van der Waals surface area contributed by atoms with Crippen LogP contribution in [-0.4, -0.2) is 18.9 Å². The average Bonchev–Trinajstić information content (AvgIpc) is 2.93. The second-order valence-electron chi connectivity index (χ2n) is 6.14. The van der Waals surface area contributed by atoms with Crippen LogP contribution in [-0.2, 0) is 17.7 Å². The molecule has 122 valence electrons. The summed E-state index contributed by atoms with van der Waals surface area (Å²) in [7, 11) is 0. The van der Waals surface area contributed by atoms with E-state index in [1.54, 1.807) is 0 Å². The molecule has 0 spiro atoms. The van der Waals surface area contributed by atoms with Gasteiger partial charge in [-0.05, 0) is 56.1 Å². The number of hydrogen-bond donors (Lipinski definition) is 2. The van der Waals surface area contributed by atoms with Crippen LogP contribution in [0.5, 0.6) is 0 Å². The summed E-state index contributed by atoms with van der Waals surface area (Å²) >= 11 is 4.04. The minimum atomic E-state index is 0.637. The van der Waals surface area contributed by atoms with Gasteiger partial charge in [-0.2, -0.15) is 0 Å². The number of benzene rings is 1. The van der Waals surface area contributed by atoms with Crippen molar-refractivity contribution in [1.29, 1.82) is 0 Å². The van der Waals surface area contributed by atoms with Gasteiger partial charge in [-0.3, -0.25) is 4.72 Å². The van der Waals surface area contributed by atoms with Gasteiger partial charge in [0.15, 0.2) is 0 Å². The van der Waals surface area contributed by atoms with Crippen LogP contribution in [0.1, 0.15) is 56.2 Å². The van der Waals surface area contributed by atoms with Gasteiger partial charge in [0, 0.05) is 12.1 Å². The largest absolute Gasteiger partial charge is 0.396 e. The third-order valence-electron chi connectivity index (χ3n) is 4.33. The van der Waals surface area contributed by atoms with Crippen LogP contribution >= 0.6 is 12.8 Å². The SMILES string of the molecule is CCO/N=C1\CCc2cc(CCCC(C)CCNS)ccc21. The second-order valence-corrected chi connectivity index (χ2v) is 6.46. The lowest BCUT2D eigenvalue weighted by Crippen LogP contribution is -2.07. The summed E-state index contributed by atoms with van der Waals surface area (Å²) in [6.45, 7) is 5.92. The molecule has 0 heterocycles. The Balaban J connectivity index is 1.85. The maximum atomic E-state index is 5.21. The number of hydrogen-bond acceptors (Lipinski definition) is 4. The maximum absolute atomic E-state index is 5.21. The van der Waals surface area contributed by atoms with Crippen LogP contribution in [0.4, 0.5) is 0 Å². The number of fused-ring (bicyclic) bond motifs is 1. The number of oxime groups is 1. The van der Waals surface area contributed by atoms with Gasteiger partial charge in [0.25, 0.3) is 0 Å². The lowest BCUT2D eigenvalue weighted by molar-refractivity contribution is 0.158.